The number of hydrogen-bond donors (Lipinski definition) is 1. The van der Waals surface area contributed by atoms with Crippen molar-refractivity contribution in [3.05, 3.63) is 47.5 Å². The summed E-state index contributed by atoms with van der Waals surface area (Å²) in [6.07, 6.45) is 2.37. The zero-order chi connectivity index (χ0) is 20.2. The predicted molar refractivity (Wildman–Crippen MR) is 103 cm³/mol. The van der Waals surface area contributed by atoms with Gasteiger partial charge < -0.3 is 24.4 Å². The van der Waals surface area contributed by atoms with Crippen molar-refractivity contribution in [2.75, 3.05) is 31.8 Å². The number of benzene rings is 1. The molecule has 4 rings (SSSR count). The fraction of sp³-hybridized carbons (Fsp3) is 0.400. The lowest BCUT2D eigenvalue weighted by atomic mass is 10.2. The van der Waals surface area contributed by atoms with Crippen LogP contribution >= 0.6 is 0 Å². The molecule has 0 saturated heterocycles. The van der Waals surface area contributed by atoms with Crippen LogP contribution in [0.25, 0.3) is 0 Å². The molecule has 1 N–H and O–H groups in total. The maximum absolute atomic E-state index is 12.8. The van der Waals surface area contributed by atoms with E-state index in [1.54, 1.807) is 25.4 Å². The third kappa shape index (κ3) is 4.20. The lowest BCUT2D eigenvalue weighted by Gasteiger charge is -2.20. The second kappa shape index (κ2) is 8.54. The third-order valence-electron chi connectivity index (χ3n) is 4.80. The van der Waals surface area contributed by atoms with Crippen molar-refractivity contribution < 1.29 is 23.8 Å². The van der Waals surface area contributed by atoms with Crippen molar-refractivity contribution in [2.45, 2.75) is 25.7 Å². The van der Waals surface area contributed by atoms with Crippen molar-refractivity contribution in [2.24, 2.45) is 0 Å². The number of nitrogens with one attached hydrogen (secondary N) is 1. The average molecular weight is 398 g/mol. The first-order valence-electron chi connectivity index (χ1n) is 9.44. The molecule has 9 nitrogen and oxygen atoms in total. The zero-order valence-corrected chi connectivity index (χ0v) is 16.1. The highest BCUT2D eigenvalue weighted by Crippen LogP contribution is 2.29. The second-order valence-corrected chi connectivity index (χ2v) is 6.83. The molecule has 1 aromatic carbocycles. The van der Waals surface area contributed by atoms with Crippen LogP contribution in [0.1, 0.15) is 28.3 Å². The normalized spacial score (nSPS) is 19.6. The Bertz CT molecular complexity index is 919. The topological polar surface area (TPSA) is 103 Å². The molecule has 0 saturated carbocycles. The number of likely N-dealkylation sites (N-methyl/N-ethyl adjacent to an activating group) is 1. The minimum atomic E-state index is -0.853. The monoisotopic (exact) mass is 398 g/mol. The Hall–Kier alpha value is -3.04. The van der Waals surface area contributed by atoms with Crippen LogP contribution in [0.3, 0.4) is 0 Å². The van der Waals surface area contributed by atoms with E-state index < -0.39 is 11.9 Å². The number of amides is 2. The number of carbonyl (C=O) groups excluding carboxylic acids is 2. The highest BCUT2D eigenvalue weighted by atomic mass is 16.5. The first-order valence-corrected chi connectivity index (χ1v) is 9.44. The van der Waals surface area contributed by atoms with Crippen LogP contribution in [-0.2, 0) is 27.5 Å². The van der Waals surface area contributed by atoms with Gasteiger partial charge in [-0.25, -0.2) is 9.97 Å². The van der Waals surface area contributed by atoms with E-state index >= 15 is 0 Å². The van der Waals surface area contributed by atoms with Gasteiger partial charge in [0.15, 0.2) is 0 Å². The van der Waals surface area contributed by atoms with Crippen LogP contribution < -0.4 is 15.0 Å². The number of anilines is 1. The van der Waals surface area contributed by atoms with E-state index in [9.17, 15) is 9.59 Å². The first-order chi connectivity index (χ1) is 14.1. The first kappa shape index (κ1) is 19.3. The summed E-state index contributed by atoms with van der Waals surface area (Å²) in [5.41, 5.74) is 2.05. The molecular weight excluding hydrogens is 376 g/mol. The van der Waals surface area contributed by atoms with Crippen LogP contribution in [0.2, 0.25) is 0 Å². The molecule has 1 atom stereocenters. The molecule has 0 bridgehead atoms. The minimum absolute atomic E-state index is 0.0216. The molecule has 0 aliphatic carbocycles. The summed E-state index contributed by atoms with van der Waals surface area (Å²) >= 11 is 0. The molecule has 0 unspecified atom stereocenters. The molecule has 152 valence electrons. The second-order valence-electron chi connectivity index (χ2n) is 6.83. The molecule has 2 amide bonds. The highest BCUT2D eigenvalue weighted by Gasteiger charge is 2.31. The van der Waals surface area contributed by atoms with Gasteiger partial charge in [-0.2, -0.15) is 0 Å². The summed E-state index contributed by atoms with van der Waals surface area (Å²) < 4.78 is 16.8. The molecule has 2 aliphatic heterocycles. The van der Waals surface area contributed by atoms with Gasteiger partial charge in [0.05, 0.1) is 24.6 Å². The molecule has 2 aromatic rings. The lowest BCUT2D eigenvalue weighted by Crippen LogP contribution is -2.49. The van der Waals surface area contributed by atoms with Gasteiger partial charge in [0, 0.05) is 32.0 Å². The lowest BCUT2D eigenvalue weighted by molar-refractivity contribution is -0.120. The number of nitrogens with zero attached hydrogens (tertiary/aromatic N) is 3. The molecule has 3 heterocycles. The van der Waals surface area contributed by atoms with E-state index in [1.165, 1.54) is 4.90 Å². The van der Waals surface area contributed by atoms with Crippen molar-refractivity contribution in [1.82, 2.24) is 15.3 Å². The van der Waals surface area contributed by atoms with E-state index in [0.29, 0.717) is 37.0 Å². The largest absolute Gasteiger partial charge is 0.489 e. The van der Waals surface area contributed by atoms with E-state index in [1.807, 2.05) is 12.1 Å². The smallest absolute Gasteiger partial charge is 0.289 e. The molecular formula is C20H22N4O5. The Morgan fingerprint density at radius 3 is 2.86 bits per heavy atom. The number of hydrogen-bond acceptors (Lipinski definition) is 7. The SMILES string of the molecule is CN1C(=O)[C@@H](NC(=O)c2ncc3c(n2)COCCCOC3)COc2ccccc21. The summed E-state index contributed by atoms with van der Waals surface area (Å²) in [5.74, 6) is -0.257. The Kier molecular flexibility index (Phi) is 5.68. The molecule has 2 aliphatic rings. The van der Waals surface area contributed by atoms with Crippen molar-refractivity contribution in [3.8, 4) is 5.75 Å². The number of rotatable bonds is 2. The van der Waals surface area contributed by atoms with Gasteiger partial charge in [-0.05, 0) is 18.6 Å². The highest BCUT2D eigenvalue weighted by molar-refractivity contribution is 6.02. The van der Waals surface area contributed by atoms with E-state index in [4.69, 9.17) is 14.2 Å². The molecule has 0 radical (unpaired) electrons. The summed E-state index contributed by atoms with van der Waals surface area (Å²) in [7, 11) is 1.65. The van der Waals surface area contributed by atoms with Gasteiger partial charge in [-0.1, -0.05) is 12.1 Å². The Balaban J connectivity index is 1.50. The van der Waals surface area contributed by atoms with Crippen LogP contribution in [-0.4, -0.2) is 54.7 Å². The standard InChI is InChI=1S/C20H22N4O5/c1-24-16-5-2-3-6-17(16)29-12-15(20(24)26)23-19(25)18-21-9-13-10-27-7-4-8-28-11-14(13)22-18/h2-3,5-6,9,15H,4,7-8,10-12H2,1H3,(H,23,25)/t15-/m0/s1. The van der Waals surface area contributed by atoms with Crippen LogP contribution in [0.4, 0.5) is 5.69 Å². The zero-order valence-electron chi connectivity index (χ0n) is 16.1. The molecule has 9 heteroatoms. The van der Waals surface area contributed by atoms with Crippen LogP contribution in [0.15, 0.2) is 30.5 Å². The Morgan fingerprint density at radius 1 is 1.21 bits per heavy atom. The van der Waals surface area contributed by atoms with E-state index in [2.05, 4.69) is 15.3 Å². The average Bonchev–Trinajstić information content (AvgIpc) is 2.82. The number of aromatic nitrogens is 2. The maximum atomic E-state index is 12.8. The van der Waals surface area contributed by atoms with Crippen molar-refractivity contribution >= 4 is 17.5 Å². The van der Waals surface area contributed by atoms with Gasteiger partial charge in [-0.3, -0.25) is 9.59 Å². The van der Waals surface area contributed by atoms with Gasteiger partial charge in [0.2, 0.25) is 5.82 Å². The summed E-state index contributed by atoms with van der Waals surface area (Å²) in [6.45, 7) is 1.84. The molecule has 0 fully saturated rings. The maximum Gasteiger partial charge on any atom is 0.289 e. The van der Waals surface area contributed by atoms with Gasteiger partial charge in [0.25, 0.3) is 11.8 Å². The quantitative estimate of drug-likeness (QED) is 0.807. The summed E-state index contributed by atoms with van der Waals surface area (Å²) in [5, 5.41) is 2.69. The fourth-order valence-electron chi connectivity index (χ4n) is 3.19. The van der Waals surface area contributed by atoms with Gasteiger partial charge >= 0.3 is 0 Å². The molecule has 0 spiro atoms. The fourth-order valence-corrected chi connectivity index (χ4v) is 3.19. The summed E-state index contributed by atoms with van der Waals surface area (Å²) in [6, 6.07) is 6.38. The number of fused-ring (bicyclic) bond motifs is 2. The number of para-hydroxylation sites is 2. The van der Waals surface area contributed by atoms with E-state index in [-0.39, 0.29) is 24.9 Å². The van der Waals surface area contributed by atoms with Crippen LogP contribution in [0.5, 0.6) is 5.75 Å². The summed E-state index contributed by atoms with van der Waals surface area (Å²) in [4.78, 5) is 35.5. The minimum Gasteiger partial charge on any atom is -0.489 e. The number of carbonyl (C=O) groups is 2. The van der Waals surface area contributed by atoms with Gasteiger partial charge in [-0.15, -0.1) is 0 Å². The molecule has 1 aromatic heterocycles. The number of ether oxygens (including phenoxy) is 3. The van der Waals surface area contributed by atoms with Crippen molar-refractivity contribution in [1.29, 1.82) is 0 Å². The third-order valence-corrected chi connectivity index (χ3v) is 4.80. The predicted octanol–water partition coefficient (Wildman–Crippen LogP) is 1.07. The van der Waals surface area contributed by atoms with Gasteiger partial charge in [0.1, 0.15) is 18.4 Å². The molecule has 29 heavy (non-hydrogen) atoms. The Labute approximate surface area is 168 Å². The van der Waals surface area contributed by atoms with E-state index in [0.717, 1.165) is 12.0 Å². The Morgan fingerprint density at radius 2 is 2.00 bits per heavy atom. The van der Waals surface area contributed by atoms with Crippen LogP contribution in [0, 0.1) is 0 Å². The van der Waals surface area contributed by atoms with Crippen molar-refractivity contribution in [3.63, 3.8) is 0 Å².